The molecular formula is C29H18ClNS. The molecule has 6 aromatic rings. The van der Waals surface area contributed by atoms with E-state index in [-0.39, 0.29) is 0 Å². The molecule has 6 rings (SSSR count). The highest BCUT2D eigenvalue weighted by atomic mass is 35.5. The van der Waals surface area contributed by atoms with Gasteiger partial charge in [0.25, 0.3) is 0 Å². The average molecular weight is 448 g/mol. The molecule has 0 saturated heterocycles. The second-order valence-corrected chi connectivity index (χ2v) is 9.27. The van der Waals surface area contributed by atoms with Crippen molar-refractivity contribution in [1.29, 1.82) is 0 Å². The lowest BCUT2D eigenvalue weighted by Crippen LogP contribution is -1.89. The van der Waals surface area contributed by atoms with E-state index in [4.69, 9.17) is 16.6 Å². The number of pyridine rings is 1. The van der Waals surface area contributed by atoms with Gasteiger partial charge in [0.15, 0.2) is 0 Å². The third-order valence-electron chi connectivity index (χ3n) is 5.76. The Labute approximate surface area is 195 Å². The number of benzene rings is 4. The summed E-state index contributed by atoms with van der Waals surface area (Å²) in [5.41, 5.74) is 6.34. The van der Waals surface area contributed by atoms with Crippen molar-refractivity contribution < 1.29 is 0 Å². The largest absolute Gasteiger partial charge is 0.248 e. The highest BCUT2D eigenvalue weighted by molar-refractivity contribution is 7.26. The third kappa shape index (κ3) is 3.38. The van der Waals surface area contributed by atoms with E-state index in [0.29, 0.717) is 5.02 Å². The normalized spacial score (nSPS) is 11.3. The van der Waals surface area contributed by atoms with Gasteiger partial charge in [-0.25, -0.2) is 4.98 Å². The Kier molecular flexibility index (Phi) is 4.75. The third-order valence-corrected chi connectivity index (χ3v) is 7.19. The summed E-state index contributed by atoms with van der Waals surface area (Å²) in [5.74, 6) is 0. The van der Waals surface area contributed by atoms with Crippen LogP contribution >= 0.6 is 22.9 Å². The molecule has 0 atom stereocenters. The monoisotopic (exact) mass is 447 g/mol. The van der Waals surface area contributed by atoms with Crippen molar-refractivity contribution in [2.24, 2.45) is 0 Å². The first-order valence-electron chi connectivity index (χ1n) is 10.5. The van der Waals surface area contributed by atoms with Gasteiger partial charge in [-0.1, -0.05) is 103 Å². The summed E-state index contributed by atoms with van der Waals surface area (Å²) in [7, 11) is 0. The molecule has 0 amide bonds. The molecule has 0 fully saturated rings. The molecule has 0 saturated carbocycles. The van der Waals surface area contributed by atoms with Crippen LogP contribution in [0, 0.1) is 0 Å². The molecule has 152 valence electrons. The predicted octanol–water partition coefficient (Wildman–Crippen LogP) is 9.10. The number of hydrogen-bond donors (Lipinski definition) is 0. The van der Waals surface area contributed by atoms with Crippen LogP contribution in [0.3, 0.4) is 0 Å². The van der Waals surface area contributed by atoms with Gasteiger partial charge in [0.2, 0.25) is 0 Å². The minimum Gasteiger partial charge on any atom is -0.248 e. The molecule has 0 aliphatic heterocycles. The van der Waals surface area contributed by atoms with E-state index in [1.807, 2.05) is 41.7 Å². The predicted molar refractivity (Wildman–Crippen MR) is 138 cm³/mol. The fourth-order valence-corrected chi connectivity index (χ4v) is 5.64. The molecule has 0 aliphatic carbocycles. The Morgan fingerprint density at radius 3 is 1.97 bits per heavy atom. The fourth-order valence-electron chi connectivity index (χ4n) is 4.20. The number of thiophene rings is 1. The first kappa shape index (κ1) is 19.2. The molecule has 1 nitrogen and oxygen atoms in total. The van der Waals surface area contributed by atoms with Gasteiger partial charge in [-0.2, -0.15) is 0 Å². The van der Waals surface area contributed by atoms with Crippen LogP contribution in [0.2, 0.25) is 5.02 Å². The number of aromatic nitrogens is 1. The van der Waals surface area contributed by atoms with Crippen molar-refractivity contribution in [3.8, 4) is 33.6 Å². The Morgan fingerprint density at radius 1 is 0.562 bits per heavy atom. The molecule has 0 spiro atoms. The Balaban J connectivity index is 1.42. The summed E-state index contributed by atoms with van der Waals surface area (Å²) in [5, 5.41) is 3.33. The quantitative estimate of drug-likeness (QED) is 0.263. The summed E-state index contributed by atoms with van der Waals surface area (Å²) < 4.78 is 2.65. The molecule has 3 heteroatoms. The standard InChI is InChI=1S/C29H18ClNS/c30-22-17-26(20-7-2-1-3-8-20)31-27(18-22)21-15-13-19(14-16-21)23-10-6-11-25-24-9-4-5-12-28(24)32-29(23)25/h1-18H. The molecule has 2 aromatic heterocycles. The summed E-state index contributed by atoms with van der Waals surface area (Å²) >= 11 is 8.30. The lowest BCUT2D eigenvalue weighted by molar-refractivity contribution is 1.32. The first-order valence-corrected chi connectivity index (χ1v) is 11.7. The second kappa shape index (κ2) is 7.90. The van der Waals surface area contributed by atoms with Gasteiger partial charge in [-0.3, -0.25) is 0 Å². The van der Waals surface area contributed by atoms with Gasteiger partial charge in [0.05, 0.1) is 11.4 Å². The van der Waals surface area contributed by atoms with Crippen molar-refractivity contribution in [3.63, 3.8) is 0 Å². The second-order valence-electron chi connectivity index (χ2n) is 7.78. The molecule has 0 aliphatic rings. The van der Waals surface area contributed by atoms with Gasteiger partial charge in [-0.05, 0) is 29.3 Å². The van der Waals surface area contributed by atoms with E-state index in [0.717, 1.165) is 22.5 Å². The lowest BCUT2D eigenvalue weighted by atomic mass is 10.0. The van der Waals surface area contributed by atoms with Crippen molar-refractivity contribution in [3.05, 3.63) is 114 Å². The molecular weight excluding hydrogens is 430 g/mol. The molecule has 0 bridgehead atoms. The number of rotatable bonds is 3. The average Bonchev–Trinajstić information content (AvgIpc) is 3.23. The summed E-state index contributed by atoms with van der Waals surface area (Å²) in [4.78, 5) is 4.87. The van der Waals surface area contributed by atoms with Crippen molar-refractivity contribution in [2.75, 3.05) is 0 Å². The maximum absolute atomic E-state index is 6.44. The van der Waals surface area contributed by atoms with Crippen LogP contribution in [0.15, 0.2) is 109 Å². The van der Waals surface area contributed by atoms with Crippen LogP contribution in [-0.2, 0) is 0 Å². The maximum atomic E-state index is 6.44. The van der Waals surface area contributed by atoms with Crippen molar-refractivity contribution >= 4 is 43.1 Å². The van der Waals surface area contributed by atoms with Crippen LogP contribution in [-0.4, -0.2) is 4.98 Å². The van der Waals surface area contributed by atoms with E-state index >= 15 is 0 Å². The zero-order valence-electron chi connectivity index (χ0n) is 17.1. The van der Waals surface area contributed by atoms with Crippen LogP contribution in [0.5, 0.6) is 0 Å². The summed E-state index contributed by atoms with van der Waals surface area (Å²) in [6.07, 6.45) is 0. The van der Waals surface area contributed by atoms with Gasteiger partial charge >= 0.3 is 0 Å². The SMILES string of the molecule is Clc1cc(-c2ccccc2)nc(-c2ccc(-c3cccc4c3sc3ccccc34)cc2)c1. The van der Waals surface area contributed by atoms with E-state index in [2.05, 4.69) is 78.9 Å². The number of hydrogen-bond acceptors (Lipinski definition) is 2. The van der Waals surface area contributed by atoms with Crippen molar-refractivity contribution in [1.82, 2.24) is 4.98 Å². The van der Waals surface area contributed by atoms with Gasteiger partial charge in [0.1, 0.15) is 0 Å². The Hall–Kier alpha value is -3.46. The molecule has 0 unspecified atom stereocenters. The first-order chi connectivity index (χ1) is 15.8. The fraction of sp³-hybridized carbons (Fsp3) is 0. The van der Waals surface area contributed by atoms with E-state index in [9.17, 15) is 0 Å². The lowest BCUT2D eigenvalue weighted by Gasteiger charge is -2.08. The van der Waals surface area contributed by atoms with Crippen LogP contribution in [0.1, 0.15) is 0 Å². The van der Waals surface area contributed by atoms with Crippen LogP contribution < -0.4 is 0 Å². The van der Waals surface area contributed by atoms with Gasteiger partial charge < -0.3 is 0 Å². The zero-order chi connectivity index (χ0) is 21.5. The molecule has 32 heavy (non-hydrogen) atoms. The van der Waals surface area contributed by atoms with Gasteiger partial charge in [-0.15, -0.1) is 11.3 Å². The van der Waals surface area contributed by atoms with Crippen LogP contribution in [0.25, 0.3) is 53.8 Å². The molecule has 0 N–H and O–H groups in total. The zero-order valence-corrected chi connectivity index (χ0v) is 18.7. The summed E-state index contributed by atoms with van der Waals surface area (Å²) in [6.45, 7) is 0. The van der Waals surface area contributed by atoms with E-state index in [1.165, 1.54) is 31.3 Å². The highest BCUT2D eigenvalue weighted by Crippen LogP contribution is 2.40. The number of halogens is 1. The molecule has 0 radical (unpaired) electrons. The number of fused-ring (bicyclic) bond motifs is 3. The summed E-state index contributed by atoms with van der Waals surface area (Å²) in [6, 6.07) is 37.8. The van der Waals surface area contributed by atoms with Gasteiger partial charge in [0, 0.05) is 36.3 Å². The van der Waals surface area contributed by atoms with Crippen molar-refractivity contribution in [2.45, 2.75) is 0 Å². The topological polar surface area (TPSA) is 12.9 Å². The number of nitrogens with zero attached hydrogens (tertiary/aromatic N) is 1. The Bertz CT molecular complexity index is 1570. The molecule has 2 heterocycles. The van der Waals surface area contributed by atoms with E-state index in [1.54, 1.807) is 0 Å². The maximum Gasteiger partial charge on any atom is 0.0724 e. The van der Waals surface area contributed by atoms with Crippen LogP contribution in [0.4, 0.5) is 0 Å². The van der Waals surface area contributed by atoms with E-state index < -0.39 is 0 Å². The minimum atomic E-state index is 0.688. The highest BCUT2D eigenvalue weighted by Gasteiger charge is 2.11. The smallest absolute Gasteiger partial charge is 0.0724 e. The Morgan fingerprint density at radius 2 is 1.19 bits per heavy atom. The minimum absolute atomic E-state index is 0.688. The molecule has 4 aromatic carbocycles.